The van der Waals surface area contributed by atoms with E-state index < -0.39 is 0 Å². The van der Waals surface area contributed by atoms with Crippen molar-refractivity contribution in [2.45, 2.75) is 25.9 Å². The fourth-order valence-electron chi connectivity index (χ4n) is 1.93. The summed E-state index contributed by atoms with van der Waals surface area (Å²) in [5, 5.41) is 5.84. The molecule has 0 bridgehead atoms. The summed E-state index contributed by atoms with van der Waals surface area (Å²) >= 11 is 0. The Kier molecular flexibility index (Phi) is 5.63. The Morgan fingerprint density at radius 3 is 2.42 bits per heavy atom. The minimum atomic E-state index is -0.282. The Labute approximate surface area is 114 Å². The second-order valence-corrected chi connectivity index (χ2v) is 4.33. The Bertz CT molecular complexity index is 435. The molecule has 19 heavy (non-hydrogen) atoms. The zero-order valence-electron chi connectivity index (χ0n) is 12.1. The normalized spacial score (nSPS) is 13.5. The van der Waals surface area contributed by atoms with Gasteiger partial charge in [-0.05, 0) is 32.0 Å². The van der Waals surface area contributed by atoms with Crippen LogP contribution in [0.3, 0.4) is 0 Å². The summed E-state index contributed by atoms with van der Waals surface area (Å²) in [6, 6.07) is 5.30. The molecular weight excluding hydrogens is 244 g/mol. The van der Waals surface area contributed by atoms with Crippen molar-refractivity contribution >= 4 is 5.91 Å². The third-order valence-electron chi connectivity index (χ3n) is 3.04. The van der Waals surface area contributed by atoms with Gasteiger partial charge >= 0.3 is 0 Å². The van der Waals surface area contributed by atoms with Gasteiger partial charge in [0.15, 0.2) is 0 Å². The molecule has 1 aromatic carbocycles. The fourth-order valence-corrected chi connectivity index (χ4v) is 1.93. The number of benzene rings is 1. The highest BCUT2D eigenvalue weighted by Gasteiger charge is 2.18. The highest BCUT2D eigenvalue weighted by atomic mass is 16.5. The Balaban J connectivity index is 2.91. The van der Waals surface area contributed by atoms with Gasteiger partial charge in [0, 0.05) is 18.7 Å². The van der Waals surface area contributed by atoms with E-state index in [1.54, 1.807) is 21.3 Å². The van der Waals surface area contributed by atoms with Crippen molar-refractivity contribution in [3.8, 4) is 11.5 Å². The molecule has 0 saturated carbocycles. The first-order chi connectivity index (χ1) is 9.03. The molecule has 1 amide bonds. The zero-order chi connectivity index (χ0) is 14.4. The van der Waals surface area contributed by atoms with Gasteiger partial charge in [-0.1, -0.05) is 0 Å². The molecule has 0 saturated heterocycles. The van der Waals surface area contributed by atoms with Crippen molar-refractivity contribution in [1.29, 1.82) is 0 Å². The molecule has 5 heteroatoms. The monoisotopic (exact) mass is 266 g/mol. The van der Waals surface area contributed by atoms with Gasteiger partial charge < -0.3 is 14.8 Å². The number of rotatable bonds is 6. The number of carbonyl (C=O) groups excluding carboxylic acids is 1. The molecule has 0 aliphatic heterocycles. The van der Waals surface area contributed by atoms with Gasteiger partial charge in [-0.2, -0.15) is 0 Å². The van der Waals surface area contributed by atoms with Crippen molar-refractivity contribution in [3.63, 3.8) is 0 Å². The van der Waals surface area contributed by atoms with Crippen LogP contribution >= 0.6 is 0 Å². The van der Waals surface area contributed by atoms with E-state index in [-0.39, 0.29) is 18.0 Å². The summed E-state index contributed by atoms with van der Waals surface area (Å²) in [6.45, 7) is 3.80. The highest BCUT2D eigenvalue weighted by Crippen LogP contribution is 2.29. The van der Waals surface area contributed by atoms with E-state index in [1.807, 2.05) is 32.0 Å². The van der Waals surface area contributed by atoms with Crippen molar-refractivity contribution < 1.29 is 14.3 Å². The van der Waals surface area contributed by atoms with Crippen LogP contribution in [-0.4, -0.2) is 33.2 Å². The van der Waals surface area contributed by atoms with Gasteiger partial charge in [0.25, 0.3) is 0 Å². The number of carbonyl (C=O) groups is 1. The second-order valence-electron chi connectivity index (χ2n) is 4.33. The molecule has 0 radical (unpaired) electrons. The van der Waals surface area contributed by atoms with Crippen molar-refractivity contribution in [3.05, 3.63) is 23.8 Å². The molecule has 2 atom stereocenters. The number of methoxy groups -OCH3 is 2. The lowest BCUT2D eigenvalue weighted by Gasteiger charge is -2.21. The molecule has 0 aromatic heterocycles. The zero-order valence-corrected chi connectivity index (χ0v) is 12.1. The van der Waals surface area contributed by atoms with Gasteiger partial charge in [-0.25, -0.2) is 0 Å². The molecule has 1 aromatic rings. The molecule has 106 valence electrons. The summed E-state index contributed by atoms with van der Waals surface area (Å²) in [6.07, 6.45) is 0. The van der Waals surface area contributed by atoms with Crippen LogP contribution in [0, 0.1) is 0 Å². The first-order valence-electron chi connectivity index (χ1n) is 6.23. The molecule has 0 fully saturated rings. The van der Waals surface area contributed by atoms with Gasteiger partial charge in [0.2, 0.25) is 5.91 Å². The first-order valence-corrected chi connectivity index (χ1v) is 6.23. The van der Waals surface area contributed by atoms with E-state index in [0.29, 0.717) is 0 Å². The van der Waals surface area contributed by atoms with E-state index in [0.717, 1.165) is 17.1 Å². The van der Waals surface area contributed by atoms with Crippen LogP contribution in [0.1, 0.15) is 25.5 Å². The van der Waals surface area contributed by atoms with E-state index in [2.05, 4.69) is 10.6 Å². The maximum Gasteiger partial charge on any atom is 0.236 e. The molecule has 0 spiro atoms. The predicted molar refractivity (Wildman–Crippen MR) is 74.6 cm³/mol. The van der Waals surface area contributed by atoms with Crippen LogP contribution in [0.15, 0.2) is 18.2 Å². The largest absolute Gasteiger partial charge is 0.497 e. The van der Waals surface area contributed by atoms with Gasteiger partial charge in [0.1, 0.15) is 11.5 Å². The molecule has 0 aliphatic rings. The Hall–Kier alpha value is -1.75. The van der Waals surface area contributed by atoms with Crippen molar-refractivity contribution in [2.24, 2.45) is 0 Å². The van der Waals surface area contributed by atoms with Gasteiger partial charge in [-0.3, -0.25) is 10.1 Å². The molecule has 2 unspecified atom stereocenters. The third-order valence-corrected chi connectivity index (χ3v) is 3.04. The quantitative estimate of drug-likeness (QED) is 0.819. The molecule has 5 nitrogen and oxygen atoms in total. The summed E-state index contributed by atoms with van der Waals surface area (Å²) in [5.41, 5.74) is 0.956. The van der Waals surface area contributed by atoms with Crippen LogP contribution in [-0.2, 0) is 4.79 Å². The average molecular weight is 266 g/mol. The van der Waals surface area contributed by atoms with E-state index >= 15 is 0 Å². The first kappa shape index (κ1) is 15.3. The summed E-state index contributed by atoms with van der Waals surface area (Å²) in [7, 11) is 4.87. The number of nitrogens with one attached hydrogen (secondary N) is 2. The Morgan fingerprint density at radius 1 is 1.21 bits per heavy atom. The standard InChI is InChI=1S/C14H22N2O3/c1-9(16-10(2)14(17)15-3)12-8-11(18-4)6-7-13(12)19-5/h6-10,16H,1-5H3,(H,15,17). The number of ether oxygens (including phenoxy) is 2. The Morgan fingerprint density at radius 2 is 1.89 bits per heavy atom. The van der Waals surface area contributed by atoms with Gasteiger partial charge in [-0.15, -0.1) is 0 Å². The van der Waals surface area contributed by atoms with E-state index in [9.17, 15) is 4.79 Å². The number of hydrogen-bond donors (Lipinski definition) is 2. The topological polar surface area (TPSA) is 59.6 Å². The molecule has 1 rings (SSSR count). The lowest BCUT2D eigenvalue weighted by molar-refractivity contribution is -0.122. The third kappa shape index (κ3) is 3.86. The molecule has 2 N–H and O–H groups in total. The minimum absolute atomic E-state index is 0.0302. The van der Waals surface area contributed by atoms with Crippen molar-refractivity contribution in [1.82, 2.24) is 10.6 Å². The lowest BCUT2D eigenvalue weighted by Crippen LogP contribution is -2.41. The maximum absolute atomic E-state index is 11.5. The average Bonchev–Trinajstić information content (AvgIpc) is 2.45. The number of likely N-dealkylation sites (N-methyl/N-ethyl adjacent to an activating group) is 1. The smallest absolute Gasteiger partial charge is 0.236 e. The van der Waals surface area contributed by atoms with Crippen LogP contribution in [0.2, 0.25) is 0 Å². The fraction of sp³-hybridized carbons (Fsp3) is 0.500. The minimum Gasteiger partial charge on any atom is -0.497 e. The lowest BCUT2D eigenvalue weighted by atomic mass is 10.1. The maximum atomic E-state index is 11.5. The molecule has 0 heterocycles. The highest BCUT2D eigenvalue weighted by molar-refractivity contribution is 5.81. The predicted octanol–water partition coefficient (Wildman–Crippen LogP) is 1.49. The molecule has 0 aliphatic carbocycles. The summed E-state index contributed by atoms with van der Waals surface area (Å²) in [4.78, 5) is 11.5. The summed E-state index contributed by atoms with van der Waals surface area (Å²) < 4.78 is 10.6. The SMILES string of the molecule is CNC(=O)C(C)NC(C)c1cc(OC)ccc1OC. The van der Waals surface area contributed by atoms with Crippen LogP contribution in [0.25, 0.3) is 0 Å². The van der Waals surface area contributed by atoms with E-state index in [4.69, 9.17) is 9.47 Å². The number of amides is 1. The van der Waals surface area contributed by atoms with Crippen LogP contribution < -0.4 is 20.1 Å². The van der Waals surface area contributed by atoms with Crippen molar-refractivity contribution in [2.75, 3.05) is 21.3 Å². The number of hydrogen-bond acceptors (Lipinski definition) is 4. The molecular formula is C14H22N2O3. The van der Waals surface area contributed by atoms with Crippen LogP contribution in [0.5, 0.6) is 11.5 Å². The second kappa shape index (κ2) is 6.99. The van der Waals surface area contributed by atoms with Gasteiger partial charge in [0.05, 0.1) is 20.3 Å². The van der Waals surface area contributed by atoms with Crippen LogP contribution in [0.4, 0.5) is 0 Å². The van der Waals surface area contributed by atoms with E-state index in [1.165, 1.54) is 0 Å². The summed E-state index contributed by atoms with van der Waals surface area (Å²) in [5.74, 6) is 1.48.